The Morgan fingerprint density at radius 3 is 2.60 bits per heavy atom. The van der Waals surface area contributed by atoms with Crippen LogP contribution in [0.2, 0.25) is 0 Å². The van der Waals surface area contributed by atoms with Crippen molar-refractivity contribution in [2.75, 3.05) is 0 Å². The van der Waals surface area contributed by atoms with Gasteiger partial charge in [-0.25, -0.2) is 0 Å². The third-order valence-corrected chi connectivity index (χ3v) is 2.82. The van der Waals surface area contributed by atoms with E-state index in [0.29, 0.717) is 6.42 Å². The van der Waals surface area contributed by atoms with Gasteiger partial charge in [-0.1, -0.05) is 51.1 Å². The lowest BCUT2D eigenvalue weighted by atomic mass is 9.83. The second-order valence-electron chi connectivity index (χ2n) is 5.08. The topological polar surface area (TPSA) is 17.1 Å². The molecule has 1 aliphatic carbocycles. The van der Waals surface area contributed by atoms with Crippen molar-refractivity contribution in [3.8, 4) is 0 Å². The third kappa shape index (κ3) is 1.87. The summed E-state index contributed by atoms with van der Waals surface area (Å²) in [6, 6.07) is 6.15. The lowest BCUT2D eigenvalue weighted by Gasteiger charge is -2.21. The standard InChI is InChI=1S/C14H16O/c1-14(2,3)11-7-8-12-10(9-11)5-4-6-13(12)15/h4-5,7-9H,6H2,1-3H3. The average Bonchev–Trinajstić information content (AvgIpc) is 2.16. The van der Waals surface area contributed by atoms with E-state index in [0.717, 1.165) is 11.1 Å². The molecular formula is C14H16O. The van der Waals surface area contributed by atoms with Crippen LogP contribution in [0.25, 0.3) is 6.08 Å². The smallest absolute Gasteiger partial charge is 0.167 e. The molecule has 1 aromatic rings. The van der Waals surface area contributed by atoms with Gasteiger partial charge in [-0.05, 0) is 16.5 Å². The molecule has 1 aliphatic rings. The first kappa shape index (κ1) is 10.2. The first-order valence-corrected chi connectivity index (χ1v) is 5.33. The monoisotopic (exact) mass is 200 g/mol. The molecule has 15 heavy (non-hydrogen) atoms. The molecule has 0 amide bonds. The van der Waals surface area contributed by atoms with E-state index in [1.807, 2.05) is 18.2 Å². The van der Waals surface area contributed by atoms with Crippen molar-refractivity contribution in [1.29, 1.82) is 0 Å². The second kappa shape index (κ2) is 3.34. The molecule has 0 aliphatic heterocycles. The lowest BCUT2D eigenvalue weighted by molar-refractivity contribution is 0.0994. The molecule has 0 fully saturated rings. The van der Waals surface area contributed by atoms with Crippen molar-refractivity contribution >= 4 is 11.9 Å². The van der Waals surface area contributed by atoms with Crippen molar-refractivity contribution < 1.29 is 4.79 Å². The highest BCUT2D eigenvalue weighted by Crippen LogP contribution is 2.27. The molecule has 2 rings (SSSR count). The summed E-state index contributed by atoms with van der Waals surface area (Å²) in [5.74, 6) is 0.230. The third-order valence-electron chi connectivity index (χ3n) is 2.82. The van der Waals surface area contributed by atoms with Crippen LogP contribution >= 0.6 is 0 Å². The zero-order chi connectivity index (χ0) is 11.1. The predicted octanol–water partition coefficient (Wildman–Crippen LogP) is 3.58. The fourth-order valence-corrected chi connectivity index (χ4v) is 1.82. The van der Waals surface area contributed by atoms with Crippen LogP contribution in [0.15, 0.2) is 24.3 Å². The van der Waals surface area contributed by atoms with Gasteiger partial charge in [0.15, 0.2) is 5.78 Å². The summed E-state index contributed by atoms with van der Waals surface area (Å²) in [5.41, 5.74) is 3.35. The number of hydrogen-bond donors (Lipinski definition) is 0. The normalized spacial score (nSPS) is 15.3. The number of Topliss-reactive ketones (excluding diaryl/α,β-unsaturated/α-hetero) is 1. The number of carbonyl (C=O) groups excluding carboxylic acids is 1. The largest absolute Gasteiger partial charge is 0.294 e. The summed E-state index contributed by atoms with van der Waals surface area (Å²) in [6.45, 7) is 6.55. The summed E-state index contributed by atoms with van der Waals surface area (Å²) < 4.78 is 0. The van der Waals surface area contributed by atoms with E-state index in [9.17, 15) is 4.79 Å². The van der Waals surface area contributed by atoms with Crippen molar-refractivity contribution in [3.05, 3.63) is 41.0 Å². The van der Waals surface area contributed by atoms with Gasteiger partial charge >= 0.3 is 0 Å². The van der Waals surface area contributed by atoms with Gasteiger partial charge in [0.1, 0.15) is 0 Å². The molecule has 0 atom stereocenters. The van der Waals surface area contributed by atoms with Crippen molar-refractivity contribution in [1.82, 2.24) is 0 Å². The molecule has 1 heteroatoms. The molecule has 0 unspecified atom stereocenters. The van der Waals surface area contributed by atoms with Gasteiger partial charge in [0.05, 0.1) is 0 Å². The zero-order valence-corrected chi connectivity index (χ0v) is 9.50. The summed E-state index contributed by atoms with van der Waals surface area (Å²) in [6.07, 6.45) is 4.53. The quantitative estimate of drug-likeness (QED) is 0.625. The molecule has 0 spiro atoms. The van der Waals surface area contributed by atoms with Crippen molar-refractivity contribution in [2.24, 2.45) is 0 Å². The number of carbonyl (C=O) groups is 1. The van der Waals surface area contributed by atoms with Crippen LogP contribution in [-0.2, 0) is 5.41 Å². The van der Waals surface area contributed by atoms with Gasteiger partial charge in [-0.2, -0.15) is 0 Å². The van der Waals surface area contributed by atoms with E-state index in [-0.39, 0.29) is 11.2 Å². The molecule has 78 valence electrons. The summed E-state index contributed by atoms with van der Waals surface area (Å²) in [5, 5.41) is 0. The summed E-state index contributed by atoms with van der Waals surface area (Å²) >= 11 is 0. The average molecular weight is 200 g/mol. The van der Waals surface area contributed by atoms with Crippen LogP contribution in [0.5, 0.6) is 0 Å². The number of rotatable bonds is 0. The minimum atomic E-state index is 0.142. The van der Waals surface area contributed by atoms with Gasteiger partial charge in [0, 0.05) is 12.0 Å². The van der Waals surface area contributed by atoms with E-state index >= 15 is 0 Å². The first-order chi connectivity index (χ1) is 6.98. The Morgan fingerprint density at radius 2 is 1.93 bits per heavy atom. The van der Waals surface area contributed by atoms with E-state index in [2.05, 4.69) is 32.9 Å². The maximum Gasteiger partial charge on any atom is 0.167 e. The predicted molar refractivity (Wildman–Crippen MR) is 63.1 cm³/mol. The molecule has 0 saturated carbocycles. The Labute approximate surface area is 90.8 Å². The fraction of sp³-hybridized carbons (Fsp3) is 0.357. The highest BCUT2D eigenvalue weighted by atomic mass is 16.1. The number of fused-ring (bicyclic) bond motifs is 1. The zero-order valence-electron chi connectivity index (χ0n) is 9.50. The van der Waals surface area contributed by atoms with E-state index in [1.54, 1.807) is 0 Å². The molecular weight excluding hydrogens is 184 g/mol. The van der Waals surface area contributed by atoms with Gasteiger partial charge < -0.3 is 0 Å². The second-order valence-corrected chi connectivity index (χ2v) is 5.08. The maximum absolute atomic E-state index is 11.6. The molecule has 0 N–H and O–H groups in total. The van der Waals surface area contributed by atoms with Gasteiger partial charge in [-0.3, -0.25) is 4.79 Å². The number of ketones is 1. The molecule has 1 nitrogen and oxygen atoms in total. The van der Waals surface area contributed by atoms with Crippen molar-refractivity contribution in [2.45, 2.75) is 32.6 Å². The lowest BCUT2D eigenvalue weighted by Crippen LogP contribution is -2.13. The van der Waals surface area contributed by atoms with Gasteiger partial charge in [0.2, 0.25) is 0 Å². The first-order valence-electron chi connectivity index (χ1n) is 5.33. The van der Waals surface area contributed by atoms with E-state index in [4.69, 9.17) is 0 Å². The van der Waals surface area contributed by atoms with Crippen LogP contribution < -0.4 is 0 Å². The number of benzene rings is 1. The molecule has 1 aromatic carbocycles. The Hall–Kier alpha value is -1.37. The number of allylic oxidation sites excluding steroid dienone is 1. The summed E-state index contributed by atoms with van der Waals surface area (Å²) in [4.78, 5) is 11.6. The highest BCUT2D eigenvalue weighted by Gasteiger charge is 2.18. The van der Waals surface area contributed by atoms with Gasteiger partial charge in [0.25, 0.3) is 0 Å². The molecule has 0 bridgehead atoms. The SMILES string of the molecule is CC(C)(C)c1ccc2c(c1)C=CCC2=O. The fourth-order valence-electron chi connectivity index (χ4n) is 1.82. The Morgan fingerprint density at radius 1 is 1.20 bits per heavy atom. The van der Waals surface area contributed by atoms with E-state index < -0.39 is 0 Å². The highest BCUT2D eigenvalue weighted by molar-refractivity contribution is 6.02. The van der Waals surface area contributed by atoms with Crippen LogP contribution in [0.4, 0.5) is 0 Å². The Kier molecular flexibility index (Phi) is 2.26. The van der Waals surface area contributed by atoms with Crippen LogP contribution in [0.3, 0.4) is 0 Å². The maximum atomic E-state index is 11.6. The molecule has 0 radical (unpaired) electrons. The van der Waals surface area contributed by atoms with Crippen LogP contribution in [0.1, 0.15) is 48.7 Å². The molecule has 0 aromatic heterocycles. The number of hydrogen-bond acceptors (Lipinski definition) is 1. The Balaban J connectivity index is 2.53. The Bertz CT molecular complexity index is 433. The minimum Gasteiger partial charge on any atom is -0.294 e. The molecule has 0 saturated heterocycles. The van der Waals surface area contributed by atoms with Gasteiger partial charge in [-0.15, -0.1) is 0 Å². The van der Waals surface area contributed by atoms with Crippen LogP contribution in [-0.4, -0.2) is 5.78 Å². The van der Waals surface area contributed by atoms with E-state index in [1.165, 1.54) is 5.56 Å². The summed E-state index contributed by atoms with van der Waals surface area (Å²) in [7, 11) is 0. The van der Waals surface area contributed by atoms with Crippen molar-refractivity contribution in [3.63, 3.8) is 0 Å². The molecule has 0 heterocycles. The van der Waals surface area contributed by atoms with Crippen LogP contribution in [0, 0.1) is 0 Å². The minimum absolute atomic E-state index is 0.142.